The van der Waals surface area contributed by atoms with Crippen LogP contribution in [0.3, 0.4) is 0 Å². The molecule has 5 nitrogen and oxygen atoms in total. The van der Waals surface area contributed by atoms with Gasteiger partial charge in [-0.3, -0.25) is 0 Å². The molecule has 0 bridgehead atoms. The van der Waals surface area contributed by atoms with Crippen molar-refractivity contribution in [1.29, 1.82) is 0 Å². The highest BCUT2D eigenvalue weighted by Crippen LogP contribution is 2.36. The number of phenolic OH excluding ortho intramolecular Hbond substituents is 1. The minimum atomic E-state index is 0.0148. The van der Waals surface area contributed by atoms with Gasteiger partial charge >= 0.3 is 0 Å². The number of nitrogens with two attached hydrogens (primary N) is 2. The zero-order valence-corrected chi connectivity index (χ0v) is 15.8. The Morgan fingerprint density at radius 3 is 2.65 bits per heavy atom. The number of H-pyrrole nitrogens is 2. The van der Waals surface area contributed by atoms with Gasteiger partial charge in [-0.15, -0.1) is 0 Å². The van der Waals surface area contributed by atoms with E-state index in [-0.39, 0.29) is 11.7 Å². The van der Waals surface area contributed by atoms with Crippen molar-refractivity contribution in [3.8, 4) is 5.75 Å². The molecule has 4 rings (SSSR count). The van der Waals surface area contributed by atoms with E-state index in [4.69, 9.17) is 11.5 Å². The van der Waals surface area contributed by atoms with Gasteiger partial charge in [0.05, 0.1) is 0 Å². The number of aromatic hydroxyl groups is 1. The van der Waals surface area contributed by atoms with E-state index in [1.165, 1.54) is 0 Å². The Morgan fingerprint density at radius 2 is 1.88 bits per heavy atom. The summed E-state index contributed by atoms with van der Waals surface area (Å²) in [5, 5.41) is 12.1. The standard InChI is InChI=1S/C20H21BrN4O/c21-11-1-3-13-17(10-24-19(13)7-11)16(9-23)20-14(5-6-22)15-8-12(26)2-4-18(15)25-20/h1-4,7-8,10,16,24-26H,5-6,9,22-23H2. The highest BCUT2D eigenvalue weighted by Gasteiger charge is 2.23. The predicted molar refractivity (Wildman–Crippen MR) is 110 cm³/mol. The molecule has 4 aromatic rings. The van der Waals surface area contributed by atoms with Crippen LogP contribution in [0.15, 0.2) is 47.1 Å². The van der Waals surface area contributed by atoms with E-state index in [0.717, 1.165) is 49.5 Å². The van der Waals surface area contributed by atoms with Crippen LogP contribution in [-0.2, 0) is 6.42 Å². The van der Waals surface area contributed by atoms with E-state index in [9.17, 15) is 5.11 Å². The number of aromatic nitrogens is 2. The van der Waals surface area contributed by atoms with Crippen molar-refractivity contribution in [3.63, 3.8) is 0 Å². The van der Waals surface area contributed by atoms with Gasteiger partial charge in [-0.25, -0.2) is 0 Å². The van der Waals surface area contributed by atoms with Crippen molar-refractivity contribution in [2.75, 3.05) is 13.1 Å². The van der Waals surface area contributed by atoms with Gasteiger partial charge in [-0.2, -0.15) is 0 Å². The van der Waals surface area contributed by atoms with Crippen LogP contribution in [0.5, 0.6) is 5.75 Å². The van der Waals surface area contributed by atoms with Crippen LogP contribution in [0, 0.1) is 0 Å². The summed E-state index contributed by atoms with van der Waals surface area (Å²) in [4.78, 5) is 6.87. The molecule has 0 saturated heterocycles. The molecule has 1 atom stereocenters. The average molecular weight is 413 g/mol. The summed E-state index contributed by atoms with van der Waals surface area (Å²) in [6.45, 7) is 1.01. The summed E-state index contributed by atoms with van der Waals surface area (Å²) in [5.41, 5.74) is 17.5. The molecule has 1 unspecified atom stereocenters. The third-order valence-corrected chi connectivity index (χ3v) is 5.45. The SMILES string of the molecule is NCCc1c(C(CN)c2c[nH]c3cc(Br)ccc23)[nH]c2ccc(O)cc12. The molecule has 0 amide bonds. The van der Waals surface area contributed by atoms with Crippen molar-refractivity contribution >= 4 is 37.7 Å². The molecule has 2 aromatic heterocycles. The van der Waals surface area contributed by atoms with E-state index in [1.54, 1.807) is 12.1 Å². The number of hydrogen-bond donors (Lipinski definition) is 5. The van der Waals surface area contributed by atoms with Gasteiger partial charge in [-0.05, 0) is 54.4 Å². The largest absolute Gasteiger partial charge is 0.508 e. The molecule has 0 radical (unpaired) electrons. The van der Waals surface area contributed by atoms with Crippen LogP contribution in [0.25, 0.3) is 21.8 Å². The molecule has 2 heterocycles. The molecule has 0 aliphatic rings. The number of aromatic amines is 2. The second-order valence-corrected chi connectivity index (χ2v) is 7.42. The first-order valence-corrected chi connectivity index (χ1v) is 9.41. The zero-order valence-electron chi connectivity index (χ0n) is 14.2. The lowest BCUT2D eigenvalue weighted by atomic mass is 9.91. The van der Waals surface area contributed by atoms with Crippen molar-refractivity contribution in [2.45, 2.75) is 12.3 Å². The Hall–Kier alpha value is -2.28. The lowest BCUT2D eigenvalue weighted by molar-refractivity contribution is 0.476. The van der Waals surface area contributed by atoms with Crippen molar-refractivity contribution in [1.82, 2.24) is 9.97 Å². The van der Waals surface area contributed by atoms with Crippen molar-refractivity contribution in [3.05, 3.63) is 63.9 Å². The predicted octanol–water partition coefficient (Wildman–Crippen LogP) is 3.71. The summed E-state index contributed by atoms with van der Waals surface area (Å²) in [6, 6.07) is 11.6. The first-order chi connectivity index (χ1) is 12.6. The lowest BCUT2D eigenvalue weighted by Crippen LogP contribution is -2.16. The third-order valence-electron chi connectivity index (χ3n) is 4.95. The Labute approximate surface area is 159 Å². The summed E-state index contributed by atoms with van der Waals surface area (Å²) >= 11 is 3.51. The molecule has 0 aliphatic heterocycles. The average Bonchev–Trinajstić information content (AvgIpc) is 3.18. The number of rotatable bonds is 5. The minimum Gasteiger partial charge on any atom is -0.508 e. The lowest BCUT2D eigenvalue weighted by Gasteiger charge is -2.16. The van der Waals surface area contributed by atoms with Gasteiger partial charge in [0.15, 0.2) is 0 Å². The fraction of sp³-hybridized carbons (Fsp3) is 0.200. The van der Waals surface area contributed by atoms with E-state index in [1.807, 2.05) is 18.3 Å². The first kappa shape index (κ1) is 17.1. The van der Waals surface area contributed by atoms with E-state index in [2.05, 4.69) is 38.0 Å². The quantitative estimate of drug-likeness (QED) is 0.345. The van der Waals surface area contributed by atoms with E-state index < -0.39 is 0 Å². The van der Waals surface area contributed by atoms with Gasteiger partial charge in [0.1, 0.15) is 5.75 Å². The fourth-order valence-electron chi connectivity index (χ4n) is 3.78. The molecule has 0 aliphatic carbocycles. The van der Waals surface area contributed by atoms with Gasteiger partial charge in [0.2, 0.25) is 0 Å². The highest BCUT2D eigenvalue weighted by atomic mass is 79.9. The summed E-state index contributed by atoms with van der Waals surface area (Å²) in [6.07, 6.45) is 2.76. The third kappa shape index (κ3) is 2.80. The number of benzene rings is 2. The number of phenols is 1. The van der Waals surface area contributed by atoms with Crippen LogP contribution in [-0.4, -0.2) is 28.2 Å². The molecule has 0 saturated carbocycles. The minimum absolute atomic E-state index is 0.0148. The number of halogens is 1. The second-order valence-electron chi connectivity index (χ2n) is 6.51. The zero-order chi connectivity index (χ0) is 18.3. The van der Waals surface area contributed by atoms with E-state index >= 15 is 0 Å². The molecule has 26 heavy (non-hydrogen) atoms. The molecule has 134 valence electrons. The fourth-order valence-corrected chi connectivity index (χ4v) is 4.14. The Kier molecular flexibility index (Phi) is 4.48. The number of nitrogens with one attached hydrogen (secondary N) is 2. The van der Waals surface area contributed by atoms with Gasteiger partial charge < -0.3 is 26.5 Å². The summed E-state index contributed by atoms with van der Waals surface area (Å²) in [7, 11) is 0. The van der Waals surface area contributed by atoms with Crippen molar-refractivity contribution < 1.29 is 5.11 Å². The maximum Gasteiger partial charge on any atom is 0.116 e. The van der Waals surface area contributed by atoms with Crippen molar-refractivity contribution in [2.24, 2.45) is 11.5 Å². The Bertz CT molecular complexity index is 1080. The molecule has 7 N–H and O–H groups in total. The molecular formula is C20H21BrN4O. The molecule has 0 spiro atoms. The Balaban J connectivity index is 1.92. The van der Waals surface area contributed by atoms with Crippen LogP contribution < -0.4 is 11.5 Å². The smallest absolute Gasteiger partial charge is 0.116 e. The van der Waals surface area contributed by atoms with Gasteiger partial charge in [0.25, 0.3) is 0 Å². The normalized spacial score (nSPS) is 12.9. The molecule has 6 heteroatoms. The van der Waals surface area contributed by atoms with Crippen LogP contribution in [0.2, 0.25) is 0 Å². The maximum absolute atomic E-state index is 9.90. The summed E-state index contributed by atoms with van der Waals surface area (Å²) < 4.78 is 1.03. The van der Waals surface area contributed by atoms with Crippen LogP contribution >= 0.6 is 15.9 Å². The molecule has 0 fully saturated rings. The monoisotopic (exact) mass is 412 g/mol. The topological polar surface area (TPSA) is 104 Å². The van der Waals surface area contributed by atoms with Crippen LogP contribution in [0.4, 0.5) is 0 Å². The second kappa shape index (κ2) is 6.79. The van der Waals surface area contributed by atoms with Crippen LogP contribution in [0.1, 0.15) is 22.7 Å². The Morgan fingerprint density at radius 1 is 1.04 bits per heavy atom. The molecule has 2 aromatic carbocycles. The van der Waals surface area contributed by atoms with Gasteiger partial charge in [0, 0.05) is 50.6 Å². The first-order valence-electron chi connectivity index (χ1n) is 8.62. The highest BCUT2D eigenvalue weighted by molar-refractivity contribution is 9.10. The molecular weight excluding hydrogens is 392 g/mol. The summed E-state index contributed by atoms with van der Waals surface area (Å²) in [5.74, 6) is 0.267. The maximum atomic E-state index is 9.90. The van der Waals surface area contributed by atoms with E-state index in [0.29, 0.717) is 13.1 Å². The number of fused-ring (bicyclic) bond motifs is 2. The van der Waals surface area contributed by atoms with Gasteiger partial charge in [-0.1, -0.05) is 22.0 Å². The number of hydrogen-bond acceptors (Lipinski definition) is 3.